The fourth-order valence-electron chi connectivity index (χ4n) is 8.68. The average molecular weight is 363 g/mol. The lowest BCUT2D eigenvalue weighted by molar-refractivity contribution is -0.121. The molecule has 4 aliphatic rings. The lowest BCUT2D eigenvalue weighted by Crippen LogP contribution is -2.61. The molecule has 0 aromatic carbocycles. The molecule has 4 fully saturated rings. The molecule has 4 rings (SSSR count). The van der Waals surface area contributed by atoms with Gasteiger partial charge >= 0.3 is 0 Å². The molecule has 0 aliphatic heterocycles. The van der Waals surface area contributed by atoms with Gasteiger partial charge in [0, 0.05) is 5.54 Å². The van der Waals surface area contributed by atoms with Gasteiger partial charge in [-0.1, -0.05) is 33.1 Å². The first-order valence-electron chi connectivity index (χ1n) is 11.6. The Bertz CT molecular complexity index is 497. The maximum absolute atomic E-state index is 7.22. The third-order valence-corrected chi connectivity index (χ3v) is 9.86. The summed E-state index contributed by atoms with van der Waals surface area (Å²) in [5, 5.41) is 0. The van der Waals surface area contributed by atoms with Crippen LogP contribution < -0.4 is 11.6 Å². The molecule has 0 bridgehead atoms. The predicted octanol–water partition coefficient (Wildman–Crippen LogP) is 5.03. The van der Waals surface area contributed by atoms with E-state index < -0.39 is 0 Å². The number of hydrogen-bond acceptors (Lipinski definition) is 3. The Morgan fingerprint density at radius 2 is 1.85 bits per heavy atom. The molecule has 8 atom stereocenters. The van der Waals surface area contributed by atoms with Gasteiger partial charge in [0.25, 0.3) is 0 Å². The largest absolute Gasteiger partial charge is 0.325 e. The molecule has 0 aromatic rings. The third kappa shape index (κ3) is 2.88. The van der Waals surface area contributed by atoms with E-state index in [1.54, 1.807) is 0 Å². The Labute approximate surface area is 160 Å². The molecule has 0 amide bonds. The summed E-state index contributed by atoms with van der Waals surface area (Å²) in [4.78, 5) is 4.82. The highest BCUT2D eigenvalue weighted by molar-refractivity contribution is 5.13. The minimum atomic E-state index is 0.103. The van der Waals surface area contributed by atoms with Crippen LogP contribution in [0, 0.1) is 40.9 Å². The minimum Gasteiger partial charge on any atom is -0.325 e. The SMILES string of the molecule is CC[C@H]1CC2C3CCC(CCCON)C3(N)CC[C@@H]2C2(C)CCCCC12. The molecule has 3 heteroatoms. The molecule has 0 saturated heterocycles. The molecule has 0 spiro atoms. The highest BCUT2D eigenvalue weighted by atomic mass is 16.6. The topological polar surface area (TPSA) is 61.3 Å². The zero-order chi connectivity index (χ0) is 18.4. The number of hydrogen-bond donors (Lipinski definition) is 2. The molecule has 0 heterocycles. The Morgan fingerprint density at radius 1 is 1.00 bits per heavy atom. The van der Waals surface area contributed by atoms with Crippen molar-refractivity contribution in [1.29, 1.82) is 0 Å². The van der Waals surface area contributed by atoms with Crippen molar-refractivity contribution in [2.24, 2.45) is 52.6 Å². The van der Waals surface area contributed by atoms with Gasteiger partial charge in [-0.2, -0.15) is 0 Å². The molecule has 0 radical (unpaired) electrons. The van der Waals surface area contributed by atoms with Crippen LogP contribution in [0.3, 0.4) is 0 Å². The Balaban J connectivity index is 1.56. The van der Waals surface area contributed by atoms with E-state index in [-0.39, 0.29) is 5.54 Å². The first kappa shape index (κ1) is 19.2. The van der Waals surface area contributed by atoms with Crippen LogP contribution in [0.15, 0.2) is 0 Å². The molecule has 4 saturated carbocycles. The normalized spacial score (nSPS) is 50.8. The van der Waals surface area contributed by atoms with Crippen molar-refractivity contribution < 1.29 is 4.84 Å². The summed E-state index contributed by atoms with van der Waals surface area (Å²) in [5.41, 5.74) is 7.93. The van der Waals surface area contributed by atoms with Crippen molar-refractivity contribution >= 4 is 0 Å². The second-order valence-electron chi connectivity index (χ2n) is 10.6. The van der Waals surface area contributed by atoms with Crippen LogP contribution >= 0.6 is 0 Å². The third-order valence-electron chi connectivity index (χ3n) is 9.86. The summed E-state index contributed by atoms with van der Waals surface area (Å²) in [7, 11) is 0. The van der Waals surface area contributed by atoms with Crippen molar-refractivity contribution in [1.82, 2.24) is 0 Å². The number of rotatable bonds is 5. The monoisotopic (exact) mass is 362 g/mol. The first-order valence-corrected chi connectivity index (χ1v) is 11.6. The summed E-state index contributed by atoms with van der Waals surface area (Å²) < 4.78 is 0. The van der Waals surface area contributed by atoms with E-state index in [2.05, 4.69) is 13.8 Å². The van der Waals surface area contributed by atoms with E-state index in [4.69, 9.17) is 16.5 Å². The lowest BCUT2D eigenvalue weighted by Gasteiger charge is -2.62. The summed E-state index contributed by atoms with van der Waals surface area (Å²) in [6, 6.07) is 0. The van der Waals surface area contributed by atoms with Gasteiger partial charge in [-0.3, -0.25) is 0 Å². The smallest absolute Gasteiger partial charge is 0.0679 e. The van der Waals surface area contributed by atoms with Gasteiger partial charge in [-0.05, 0) is 98.7 Å². The van der Waals surface area contributed by atoms with Crippen LogP contribution in [-0.4, -0.2) is 12.1 Å². The van der Waals surface area contributed by atoms with Gasteiger partial charge < -0.3 is 10.6 Å². The van der Waals surface area contributed by atoms with Crippen LogP contribution in [0.4, 0.5) is 0 Å². The maximum Gasteiger partial charge on any atom is 0.0679 e. The highest BCUT2D eigenvalue weighted by Crippen LogP contribution is 2.66. The summed E-state index contributed by atoms with van der Waals surface area (Å²) in [5.74, 6) is 10.5. The van der Waals surface area contributed by atoms with Crippen molar-refractivity contribution in [2.75, 3.05) is 6.61 Å². The Morgan fingerprint density at radius 3 is 2.62 bits per heavy atom. The maximum atomic E-state index is 7.22. The molecule has 6 unspecified atom stereocenters. The second-order valence-corrected chi connectivity index (χ2v) is 10.6. The van der Waals surface area contributed by atoms with E-state index >= 15 is 0 Å². The van der Waals surface area contributed by atoms with E-state index in [0.29, 0.717) is 17.9 Å². The zero-order valence-corrected chi connectivity index (χ0v) is 17.2. The number of fused-ring (bicyclic) bond motifs is 5. The average Bonchev–Trinajstić information content (AvgIpc) is 2.97. The second kappa shape index (κ2) is 7.37. The first-order chi connectivity index (χ1) is 12.5. The number of nitrogens with two attached hydrogens (primary N) is 2. The lowest BCUT2D eigenvalue weighted by atomic mass is 9.43. The summed E-state index contributed by atoms with van der Waals surface area (Å²) >= 11 is 0. The minimum absolute atomic E-state index is 0.103. The van der Waals surface area contributed by atoms with Gasteiger partial charge in [0.15, 0.2) is 0 Å². The Kier molecular flexibility index (Phi) is 5.44. The molecule has 0 aromatic heterocycles. The van der Waals surface area contributed by atoms with E-state index in [1.807, 2.05) is 0 Å². The molecule has 150 valence electrons. The molecule has 4 aliphatic carbocycles. The predicted molar refractivity (Wildman–Crippen MR) is 107 cm³/mol. The van der Waals surface area contributed by atoms with Gasteiger partial charge in [-0.15, -0.1) is 0 Å². The van der Waals surface area contributed by atoms with Crippen molar-refractivity contribution in [3.63, 3.8) is 0 Å². The fourth-order valence-corrected chi connectivity index (χ4v) is 8.68. The zero-order valence-electron chi connectivity index (χ0n) is 17.2. The van der Waals surface area contributed by atoms with Crippen LogP contribution in [0.1, 0.15) is 90.9 Å². The molecular weight excluding hydrogens is 320 g/mol. The quantitative estimate of drug-likeness (QED) is 0.532. The van der Waals surface area contributed by atoms with E-state index in [0.717, 1.165) is 36.0 Å². The van der Waals surface area contributed by atoms with Crippen molar-refractivity contribution in [3.8, 4) is 0 Å². The standard InChI is InChI=1S/C23H42N2O/c1-3-16-15-18-20(22(2)12-5-4-8-19(16)22)11-13-23(24)17(7-6-14-26-25)9-10-21(18)23/h16-21H,3-15,24-25H2,1-2H3/t16-,17?,18?,19?,20-,21?,22?,23?/m0/s1. The summed E-state index contributed by atoms with van der Waals surface area (Å²) in [6.45, 7) is 5.81. The van der Waals surface area contributed by atoms with Crippen LogP contribution in [0.25, 0.3) is 0 Å². The summed E-state index contributed by atoms with van der Waals surface area (Å²) in [6.07, 6.45) is 16.4. The van der Waals surface area contributed by atoms with Crippen LogP contribution in [-0.2, 0) is 4.84 Å². The van der Waals surface area contributed by atoms with Crippen LogP contribution in [0.2, 0.25) is 0 Å². The molecular formula is C23H42N2O. The molecule has 3 nitrogen and oxygen atoms in total. The van der Waals surface area contributed by atoms with Gasteiger partial charge in [0.1, 0.15) is 0 Å². The van der Waals surface area contributed by atoms with Gasteiger partial charge in [0.2, 0.25) is 0 Å². The Hall–Kier alpha value is -0.120. The van der Waals surface area contributed by atoms with Crippen LogP contribution in [0.5, 0.6) is 0 Å². The highest BCUT2D eigenvalue weighted by Gasteiger charge is 2.61. The van der Waals surface area contributed by atoms with Crippen molar-refractivity contribution in [2.45, 2.75) is 96.4 Å². The molecule has 26 heavy (non-hydrogen) atoms. The molecule has 4 N–H and O–H groups in total. The van der Waals surface area contributed by atoms with Gasteiger partial charge in [0.05, 0.1) is 6.61 Å². The van der Waals surface area contributed by atoms with E-state index in [1.165, 1.54) is 70.6 Å². The van der Waals surface area contributed by atoms with Crippen molar-refractivity contribution in [3.05, 3.63) is 0 Å². The van der Waals surface area contributed by atoms with Gasteiger partial charge in [-0.25, -0.2) is 5.90 Å². The fraction of sp³-hybridized carbons (Fsp3) is 1.00. The van der Waals surface area contributed by atoms with E-state index in [9.17, 15) is 0 Å².